The molecule has 0 aliphatic heterocycles. The van der Waals surface area contributed by atoms with Gasteiger partial charge in [0.1, 0.15) is 11.5 Å². The summed E-state index contributed by atoms with van der Waals surface area (Å²) in [5, 5.41) is 0.743. The summed E-state index contributed by atoms with van der Waals surface area (Å²) in [4.78, 5) is 27.5. The highest BCUT2D eigenvalue weighted by molar-refractivity contribution is 9.13. The molecule has 2 amide bonds. The fourth-order valence-electron chi connectivity index (χ4n) is 2.41. The van der Waals surface area contributed by atoms with Crippen molar-refractivity contribution in [3.63, 3.8) is 0 Å². The zero-order valence-corrected chi connectivity index (χ0v) is 16.0. The van der Waals surface area contributed by atoms with E-state index in [-0.39, 0.29) is 0 Å². The molecule has 2 heterocycles. The third kappa shape index (κ3) is 3.11. The number of amides is 2. The number of aromatic amines is 1. The number of furan rings is 1. The molecule has 0 bridgehead atoms. The SMILES string of the molecule is Cc1cc(C(=O)NNC(=O)c2c[nH]c3cc(Br)c(Br)cc23)c(C)o1. The quantitative estimate of drug-likeness (QED) is 0.512. The zero-order valence-electron chi connectivity index (χ0n) is 12.8. The van der Waals surface area contributed by atoms with Crippen LogP contribution in [0, 0.1) is 13.8 Å². The molecule has 0 aliphatic rings. The third-order valence-electron chi connectivity index (χ3n) is 3.54. The van der Waals surface area contributed by atoms with Gasteiger partial charge in [-0.25, -0.2) is 0 Å². The van der Waals surface area contributed by atoms with E-state index >= 15 is 0 Å². The van der Waals surface area contributed by atoms with Crippen LogP contribution in [-0.2, 0) is 0 Å². The van der Waals surface area contributed by atoms with E-state index in [9.17, 15) is 9.59 Å². The summed E-state index contributed by atoms with van der Waals surface area (Å²) in [5.41, 5.74) is 6.44. The Morgan fingerprint density at radius 1 is 1.00 bits per heavy atom. The Morgan fingerprint density at radius 3 is 2.25 bits per heavy atom. The van der Waals surface area contributed by atoms with Crippen LogP contribution < -0.4 is 10.9 Å². The molecule has 0 radical (unpaired) electrons. The van der Waals surface area contributed by atoms with Crippen molar-refractivity contribution in [1.82, 2.24) is 15.8 Å². The van der Waals surface area contributed by atoms with Gasteiger partial charge in [-0.3, -0.25) is 20.4 Å². The molecule has 3 N–H and O–H groups in total. The smallest absolute Gasteiger partial charge is 0.273 e. The van der Waals surface area contributed by atoms with E-state index in [0.717, 1.165) is 19.8 Å². The minimum atomic E-state index is -0.429. The molecule has 0 saturated heterocycles. The molecule has 0 fully saturated rings. The Balaban J connectivity index is 1.77. The maximum absolute atomic E-state index is 12.3. The van der Waals surface area contributed by atoms with Gasteiger partial charge in [0.15, 0.2) is 0 Å². The maximum Gasteiger partial charge on any atom is 0.273 e. The Morgan fingerprint density at radius 2 is 1.62 bits per heavy atom. The predicted molar refractivity (Wildman–Crippen MR) is 96.8 cm³/mol. The second kappa shape index (κ2) is 6.45. The number of carbonyl (C=O) groups excluding carboxylic acids is 2. The topological polar surface area (TPSA) is 87.1 Å². The van der Waals surface area contributed by atoms with E-state index in [1.807, 2.05) is 12.1 Å². The number of hydrazine groups is 1. The summed E-state index contributed by atoms with van der Waals surface area (Å²) >= 11 is 6.83. The van der Waals surface area contributed by atoms with Crippen LogP contribution in [0.15, 0.2) is 37.8 Å². The molecule has 0 spiro atoms. The van der Waals surface area contributed by atoms with Gasteiger partial charge in [-0.1, -0.05) is 0 Å². The molecule has 1 aromatic carbocycles. The molecule has 24 heavy (non-hydrogen) atoms. The minimum Gasteiger partial charge on any atom is -0.466 e. The number of benzene rings is 1. The summed E-state index contributed by atoms with van der Waals surface area (Å²) in [6.07, 6.45) is 1.60. The number of hydrogen-bond acceptors (Lipinski definition) is 3. The monoisotopic (exact) mass is 453 g/mol. The van der Waals surface area contributed by atoms with Gasteiger partial charge in [-0.15, -0.1) is 0 Å². The highest BCUT2D eigenvalue weighted by Gasteiger charge is 2.17. The zero-order chi connectivity index (χ0) is 17.4. The first kappa shape index (κ1) is 16.8. The van der Waals surface area contributed by atoms with Crippen LogP contribution in [-0.4, -0.2) is 16.8 Å². The number of aromatic nitrogens is 1. The van der Waals surface area contributed by atoms with Crippen molar-refractivity contribution in [2.24, 2.45) is 0 Å². The minimum absolute atomic E-state index is 0.387. The number of aryl methyl sites for hydroxylation is 2. The first-order chi connectivity index (χ1) is 11.4. The molecule has 3 aromatic rings. The van der Waals surface area contributed by atoms with Crippen molar-refractivity contribution in [3.05, 3.63) is 56.0 Å². The fourth-order valence-corrected chi connectivity index (χ4v) is 3.10. The molecular formula is C16H13Br2N3O3. The molecular weight excluding hydrogens is 442 g/mol. The second-order valence-corrected chi connectivity index (χ2v) is 6.96. The van der Waals surface area contributed by atoms with Crippen LogP contribution in [0.1, 0.15) is 32.2 Å². The van der Waals surface area contributed by atoms with Gasteiger partial charge in [-0.05, 0) is 63.9 Å². The van der Waals surface area contributed by atoms with Gasteiger partial charge in [0, 0.05) is 26.0 Å². The van der Waals surface area contributed by atoms with Crippen LogP contribution in [0.2, 0.25) is 0 Å². The van der Waals surface area contributed by atoms with Crippen LogP contribution in [0.3, 0.4) is 0 Å². The van der Waals surface area contributed by atoms with Crippen molar-refractivity contribution < 1.29 is 14.0 Å². The molecule has 0 unspecified atom stereocenters. The maximum atomic E-state index is 12.3. The lowest BCUT2D eigenvalue weighted by Crippen LogP contribution is -2.41. The number of carbonyl (C=O) groups is 2. The number of fused-ring (bicyclic) bond motifs is 1. The van der Waals surface area contributed by atoms with E-state index in [1.54, 1.807) is 26.1 Å². The van der Waals surface area contributed by atoms with E-state index in [4.69, 9.17) is 4.42 Å². The van der Waals surface area contributed by atoms with Crippen molar-refractivity contribution in [2.75, 3.05) is 0 Å². The predicted octanol–water partition coefficient (Wildman–Crippen LogP) is 3.98. The Bertz CT molecular complexity index is 959. The van der Waals surface area contributed by atoms with Crippen LogP contribution in [0.5, 0.6) is 0 Å². The number of rotatable bonds is 2. The van der Waals surface area contributed by atoms with Gasteiger partial charge in [0.25, 0.3) is 11.8 Å². The van der Waals surface area contributed by atoms with Gasteiger partial charge in [0.05, 0.1) is 11.1 Å². The van der Waals surface area contributed by atoms with Crippen molar-refractivity contribution in [1.29, 1.82) is 0 Å². The Hall–Kier alpha value is -2.06. The number of nitrogens with one attached hydrogen (secondary N) is 3. The standard InChI is InChI=1S/C16H13Br2N3O3/c1-7-3-9(8(2)24-7)15(22)20-21-16(23)11-6-19-14-5-13(18)12(17)4-10(11)14/h3-6,19H,1-2H3,(H,20,22)(H,21,23). The van der Waals surface area contributed by atoms with Crippen molar-refractivity contribution in [3.8, 4) is 0 Å². The average Bonchev–Trinajstić information content (AvgIpc) is 3.08. The largest absolute Gasteiger partial charge is 0.466 e. The summed E-state index contributed by atoms with van der Waals surface area (Å²) in [7, 11) is 0. The first-order valence-electron chi connectivity index (χ1n) is 7.00. The Labute approximate surface area is 154 Å². The molecule has 124 valence electrons. The number of hydrogen-bond donors (Lipinski definition) is 3. The van der Waals surface area contributed by atoms with E-state index in [2.05, 4.69) is 47.7 Å². The van der Waals surface area contributed by atoms with E-state index in [0.29, 0.717) is 22.6 Å². The third-order valence-corrected chi connectivity index (χ3v) is 5.39. The lowest BCUT2D eigenvalue weighted by atomic mass is 10.2. The summed E-state index contributed by atoms with van der Waals surface area (Å²) in [5.74, 6) is 0.291. The fraction of sp³-hybridized carbons (Fsp3) is 0.125. The van der Waals surface area contributed by atoms with Gasteiger partial charge >= 0.3 is 0 Å². The molecule has 6 nitrogen and oxygen atoms in total. The lowest BCUT2D eigenvalue weighted by Gasteiger charge is -2.06. The molecule has 0 saturated carbocycles. The Kier molecular flexibility index (Phi) is 4.51. The van der Waals surface area contributed by atoms with Crippen LogP contribution in [0.25, 0.3) is 10.9 Å². The van der Waals surface area contributed by atoms with E-state index < -0.39 is 11.8 Å². The van der Waals surface area contributed by atoms with Gasteiger partial charge in [-0.2, -0.15) is 0 Å². The van der Waals surface area contributed by atoms with Crippen molar-refractivity contribution >= 4 is 54.6 Å². The van der Waals surface area contributed by atoms with Gasteiger partial charge < -0.3 is 9.40 Å². The van der Waals surface area contributed by atoms with Crippen molar-refractivity contribution in [2.45, 2.75) is 13.8 Å². The number of halogens is 2. The van der Waals surface area contributed by atoms with Crippen LogP contribution in [0.4, 0.5) is 0 Å². The molecule has 0 aliphatic carbocycles. The van der Waals surface area contributed by atoms with Gasteiger partial charge in [0.2, 0.25) is 0 Å². The summed E-state index contributed by atoms with van der Waals surface area (Å²) in [6.45, 7) is 3.45. The second-order valence-electron chi connectivity index (χ2n) is 5.25. The number of H-pyrrole nitrogens is 1. The normalized spacial score (nSPS) is 10.8. The average molecular weight is 455 g/mol. The van der Waals surface area contributed by atoms with Crippen LogP contribution >= 0.6 is 31.9 Å². The highest BCUT2D eigenvalue weighted by Crippen LogP contribution is 2.30. The summed E-state index contributed by atoms with van der Waals surface area (Å²) in [6, 6.07) is 5.32. The molecule has 3 rings (SSSR count). The molecule has 0 atom stereocenters. The molecule has 2 aromatic heterocycles. The molecule has 8 heteroatoms. The van der Waals surface area contributed by atoms with E-state index in [1.165, 1.54) is 0 Å². The first-order valence-corrected chi connectivity index (χ1v) is 8.59. The highest BCUT2D eigenvalue weighted by atomic mass is 79.9. The summed E-state index contributed by atoms with van der Waals surface area (Å²) < 4.78 is 7.02. The lowest BCUT2D eigenvalue weighted by molar-refractivity contribution is 0.0846.